The second-order valence-electron chi connectivity index (χ2n) is 5.43. The van der Waals surface area contributed by atoms with Crippen molar-refractivity contribution in [3.63, 3.8) is 0 Å². The summed E-state index contributed by atoms with van der Waals surface area (Å²) in [5.74, 6) is -1.23. The van der Waals surface area contributed by atoms with Gasteiger partial charge in [0.15, 0.2) is 0 Å². The van der Waals surface area contributed by atoms with Crippen LogP contribution < -0.4 is 10.2 Å². The van der Waals surface area contributed by atoms with Crippen LogP contribution in [0.15, 0.2) is 24.3 Å². The highest BCUT2D eigenvalue weighted by Crippen LogP contribution is 2.25. The van der Waals surface area contributed by atoms with Gasteiger partial charge in [0.2, 0.25) is 5.91 Å². The Morgan fingerprint density at radius 2 is 1.91 bits per heavy atom. The Kier molecular flexibility index (Phi) is 5.31. The van der Waals surface area contributed by atoms with Gasteiger partial charge in [-0.2, -0.15) is 0 Å². The molecule has 4 amide bonds. The van der Waals surface area contributed by atoms with E-state index in [9.17, 15) is 18.8 Å². The van der Waals surface area contributed by atoms with Crippen molar-refractivity contribution >= 4 is 23.5 Å². The third-order valence-corrected chi connectivity index (χ3v) is 3.71. The number of nitrogens with one attached hydrogen (secondary N) is 1. The first-order chi connectivity index (χ1) is 11.0. The highest BCUT2D eigenvalue weighted by atomic mass is 19.1. The van der Waals surface area contributed by atoms with Gasteiger partial charge in [-0.3, -0.25) is 19.4 Å². The van der Waals surface area contributed by atoms with E-state index >= 15 is 0 Å². The Morgan fingerprint density at radius 3 is 2.52 bits per heavy atom. The lowest BCUT2D eigenvalue weighted by molar-refractivity contribution is -0.131. The molecule has 1 aromatic carbocycles. The van der Waals surface area contributed by atoms with Crippen molar-refractivity contribution in [2.24, 2.45) is 0 Å². The molecule has 7 heteroatoms. The average molecular weight is 321 g/mol. The van der Waals surface area contributed by atoms with Gasteiger partial charge in [0.05, 0.1) is 0 Å². The molecule has 0 saturated carbocycles. The molecular weight excluding hydrogens is 301 g/mol. The van der Waals surface area contributed by atoms with Gasteiger partial charge in [-0.25, -0.2) is 9.18 Å². The molecule has 6 nitrogen and oxygen atoms in total. The van der Waals surface area contributed by atoms with E-state index in [2.05, 4.69) is 5.32 Å². The lowest BCUT2D eigenvalue weighted by atomic mass is 10.2. The summed E-state index contributed by atoms with van der Waals surface area (Å²) in [5.41, 5.74) is 0.422. The molecule has 2 rings (SSSR count). The minimum Gasteiger partial charge on any atom is -0.355 e. The molecule has 124 valence electrons. The van der Waals surface area contributed by atoms with E-state index in [1.165, 1.54) is 29.2 Å². The zero-order valence-electron chi connectivity index (χ0n) is 13.2. The van der Waals surface area contributed by atoms with E-state index in [0.717, 1.165) is 17.7 Å². The number of anilines is 1. The predicted octanol–water partition coefficient (Wildman–Crippen LogP) is 1.90. The minimum atomic E-state index is -0.726. The summed E-state index contributed by atoms with van der Waals surface area (Å²) in [6, 6.07) is 4.01. The van der Waals surface area contributed by atoms with Crippen molar-refractivity contribution in [3.8, 4) is 0 Å². The van der Waals surface area contributed by atoms with Crippen molar-refractivity contribution in [2.45, 2.75) is 32.7 Å². The Balaban J connectivity index is 2.08. The van der Waals surface area contributed by atoms with Crippen LogP contribution in [0.4, 0.5) is 14.9 Å². The smallest absolute Gasteiger partial charge is 0.332 e. The zero-order chi connectivity index (χ0) is 17.0. The fraction of sp³-hybridized carbons (Fsp3) is 0.438. The number of rotatable bonds is 6. The highest BCUT2D eigenvalue weighted by Gasteiger charge is 2.43. The van der Waals surface area contributed by atoms with Gasteiger partial charge in [0, 0.05) is 12.2 Å². The predicted molar refractivity (Wildman–Crippen MR) is 83.4 cm³/mol. The van der Waals surface area contributed by atoms with Crippen LogP contribution in [0, 0.1) is 5.82 Å². The van der Waals surface area contributed by atoms with Crippen LogP contribution >= 0.6 is 0 Å². The quantitative estimate of drug-likeness (QED) is 0.642. The highest BCUT2D eigenvalue weighted by molar-refractivity contribution is 6.15. The van der Waals surface area contributed by atoms with E-state index in [1.54, 1.807) is 6.92 Å². The number of hydrogen-bond donors (Lipinski definition) is 1. The normalized spacial score (nSPS) is 17.8. The molecule has 0 bridgehead atoms. The molecular formula is C16H20FN3O3. The molecule has 1 aliphatic heterocycles. The SMILES string of the molecule is CCCCNC(=O)CN1C(=O)[C@@H](C)N(c2ccc(F)cc2)C1=O. The van der Waals surface area contributed by atoms with Gasteiger partial charge in [-0.1, -0.05) is 13.3 Å². The maximum absolute atomic E-state index is 13.0. The van der Waals surface area contributed by atoms with Gasteiger partial charge >= 0.3 is 6.03 Å². The van der Waals surface area contributed by atoms with Gasteiger partial charge in [0.1, 0.15) is 18.4 Å². The van der Waals surface area contributed by atoms with Crippen LogP contribution in [-0.4, -0.2) is 41.9 Å². The Morgan fingerprint density at radius 1 is 1.26 bits per heavy atom. The van der Waals surface area contributed by atoms with Gasteiger partial charge in [0.25, 0.3) is 5.91 Å². The summed E-state index contributed by atoms with van der Waals surface area (Å²) in [6.07, 6.45) is 1.78. The van der Waals surface area contributed by atoms with Crippen molar-refractivity contribution in [2.75, 3.05) is 18.0 Å². The number of hydrogen-bond acceptors (Lipinski definition) is 3. The fourth-order valence-corrected chi connectivity index (χ4v) is 2.41. The molecule has 0 aromatic heterocycles. The maximum atomic E-state index is 13.0. The summed E-state index contributed by atoms with van der Waals surface area (Å²) in [7, 11) is 0. The summed E-state index contributed by atoms with van der Waals surface area (Å²) in [4.78, 5) is 38.7. The Labute approximate surface area is 134 Å². The number of carbonyl (C=O) groups is 3. The molecule has 1 saturated heterocycles. The molecule has 1 N–H and O–H groups in total. The van der Waals surface area contributed by atoms with E-state index in [-0.39, 0.29) is 12.5 Å². The number of unbranched alkanes of at least 4 members (excludes halogenated alkanes) is 1. The number of urea groups is 1. The number of benzene rings is 1. The van der Waals surface area contributed by atoms with Crippen LogP contribution in [0.2, 0.25) is 0 Å². The molecule has 23 heavy (non-hydrogen) atoms. The van der Waals surface area contributed by atoms with Crippen LogP contribution in [0.25, 0.3) is 0 Å². The standard InChI is InChI=1S/C16H20FN3O3/c1-3-4-9-18-14(21)10-19-15(22)11(2)20(16(19)23)13-7-5-12(17)6-8-13/h5-8,11H,3-4,9-10H2,1-2H3,(H,18,21)/t11-/m1/s1. The number of imide groups is 1. The fourth-order valence-electron chi connectivity index (χ4n) is 2.41. The third kappa shape index (κ3) is 3.67. The molecule has 1 aliphatic rings. The summed E-state index contributed by atoms with van der Waals surface area (Å²) in [5, 5.41) is 2.68. The lowest BCUT2D eigenvalue weighted by Crippen LogP contribution is -2.41. The second kappa shape index (κ2) is 7.21. The Hall–Kier alpha value is -2.44. The average Bonchev–Trinajstić information content (AvgIpc) is 2.73. The Bertz CT molecular complexity index is 603. The lowest BCUT2D eigenvalue weighted by Gasteiger charge is -2.19. The molecule has 1 atom stereocenters. The minimum absolute atomic E-state index is 0.302. The van der Waals surface area contributed by atoms with Crippen LogP contribution in [-0.2, 0) is 9.59 Å². The van der Waals surface area contributed by atoms with Crippen molar-refractivity contribution < 1.29 is 18.8 Å². The maximum Gasteiger partial charge on any atom is 0.332 e. The first kappa shape index (κ1) is 16.9. The molecule has 0 radical (unpaired) electrons. The zero-order valence-corrected chi connectivity index (χ0v) is 13.2. The van der Waals surface area contributed by atoms with Crippen molar-refractivity contribution in [1.82, 2.24) is 10.2 Å². The monoisotopic (exact) mass is 321 g/mol. The van der Waals surface area contributed by atoms with Gasteiger partial charge < -0.3 is 5.32 Å². The topological polar surface area (TPSA) is 69.7 Å². The largest absolute Gasteiger partial charge is 0.355 e. The number of halogens is 1. The van der Waals surface area contributed by atoms with Crippen LogP contribution in [0.3, 0.4) is 0 Å². The van der Waals surface area contributed by atoms with Crippen LogP contribution in [0.5, 0.6) is 0 Å². The van der Waals surface area contributed by atoms with E-state index in [4.69, 9.17) is 0 Å². The third-order valence-electron chi connectivity index (χ3n) is 3.71. The van der Waals surface area contributed by atoms with E-state index < -0.39 is 23.8 Å². The molecule has 0 unspecified atom stereocenters. The van der Waals surface area contributed by atoms with E-state index in [0.29, 0.717) is 12.2 Å². The summed E-state index contributed by atoms with van der Waals surface area (Å²) >= 11 is 0. The molecule has 0 aliphatic carbocycles. The first-order valence-electron chi connectivity index (χ1n) is 7.62. The molecule has 1 fully saturated rings. The second-order valence-corrected chi connectivity index (χ2v) is 5.43. The summed E-state index contributed by atoms with van der Waals surface area (Å²) < 4.78 is 13.0. The van der Waals surface area contributed by atoms with Gasteiger partial charge in [-0.05, 0) is 37.6 Å². The number of carbonyl (C=O) groups excluding carboxylic acids is 3. The summed E-state index contributed by atoms with van der Waals surface area (Å²) in [6.45, 7) is 3.80. The number of nitrogens with zero attached hydrogens (tertiary/aromatic N) is 2. The molecule has 1 aromatic rings. The van der Waals surface area contributed by atoms with E-state index in [1.807, 2.05) is 6.92 Å². The molecule has 0 spiro atoms. The molecule has 1 heterocycles. The van der Waals surface area contributed by atoms with Crippen molar-refractivity contribution in [3.05, 3.63) is 30.1 Å². The number of amides is 4. The van der Waals surface area contributed by atoms with Crippen molar-refractivity contribution in [1.29, 1.82) is 0 Å². The van der Waals surface area contributed by atoms with Crippen LogP contribution in [0.1, 0.15) is 26.7 Å². The first-order valence-corrected chi connectivity index (χ1v) is 7.62. The van der Waals surface area contributed by atoms with Gasteiger partial charge in [-0.15, -0.1) is 0 Å².